The maximum Gasteiger partial charge on any atom is 0.251 e. The number of nitrogens with zero attached hydrogens (tertiary/aromatic N) is 2. The third-order valence-electron chi connectivity index (χ3n) is 4.94. The van der Waals surface area contributed by atoms with Crippen LogP contribution in [-0.4, -0.2) is 63.5 Å². The minimum absolute atomic E-state index is 0.0932. The predicted molar refractivity (Wildman–Crippen MR) is 116 cm³/mol. The summed E-state index contributed by atoms with van der Waals surface area (Å²) in [5.74, 6) is 5.84. The zero-order valence-corrected chi connectivity index (χ0v) is 17.1. The number of carbonyl (C=O) groups excluding carboxylic acids is 1. The fourth-order valence-electron chi connectivity index (χ4n) is 3.13. The molecular formula is C23H26N4O3. The van der Waals surface area contributed by atoms with Crippen LogP contribution in [-0.2, 0) is 0 Å². The van der Waals surface area contributed by atoms with Crippen LogP contribution in [0.15, 0.2) is 42.6 Å². The summed E-state index contributed by atoms with van der Waals surface area (Å²) in [4.78, 5) is 14.4. The summed E-state index contributed by atoms with van der Waals surface area (Å²) in [6, 6.07) is 10.2. The van der Waals surface area contributed by atoms with Gasteiger partial charge in [-0.25, -0.2) is 0 Å². The summed E-state index contributed by atoms with van der Waals surface area (Å²) >= 11 is 0. The van der Waals surface area contributed by atoms with E-state index in [0.717, 1.165) is 24.0 Å². The normalized spacial score (nSPS) is 11.9. The van der Waals surface area contributed by atoms with Crippen molar-refractivity contribution in [2.24, 2.45) is 0 Å². The molecule has 4 N–H and O–H groups in total. The minimum Gasteiger partial charge on any atom is -0.507 e. The molecule has 0 saturated carbocycles. The number of aromatic nitrogens is 2. The lowest BCUT2D eigenvalue weighted by atomic mass is 10.1. The molecule has 2 aromatic carbocycles. The average molecular weight is 406 g/mol. The molecule has 0 fully saturated rings. The molecule has 1 atom stereocenters. The van der Waals surface area contributed by atoms with Crippen LogP contribution < -0.4 is 5.32 Å². The minimum atomic E-state index is -0.614. The molecule has 7 nitrogen and oxygen atoms in total. The van der Waals surface area contributed by atoms with Crippen LogP contribution in [0, 0.1) is 11.8 Å². The monoisotopic (exact) mass is 406 g/mol. The third kappa shape index (κ3) is 5.17. The van der Waals surface area contributed by atoms with Crippen molar-refractivity contribution in [3.8, 4) is 17.6 Å². The first kappa shape index (κ1) is 21.4. The highest BCUT2D eigenvalue weighted by molar-refractivity contribution is 5.94. The Bertz CT molecular complexity index is 1060. The molecule has 3 rings (SSSR count). The SMILES string of the molecule is CCN(CC)CC(O)CNC(=O)c1ccc(C#Cc2c(O)ccc3[nH]ncc23)cc1. The molecule has 0 aliphatic rings. The predicted octanol–water partition coefficient (Wildman–Crippen LogP) is 2.10. The van der Waals surface area contributed by atoms with Crippen LogP contribution >= 0.6 is 0 Å². The molecule has 0 aliphatic carbocycles. The number of likely N-dealkylation sites (N-methyl/N-ethyl adjacent to an activating group) is 1. The standard InChI is InChI=1S/C23H26N4O3/c1-3-27(4-2)15-18(28)13-24-23(30)17-8-5-16(6-9-17)7-10-19-20-14-25-26-21(20)11-12-22(19)29/h5-6,8-9,11-12,14,18,28-29H,3-4,13,15H2,1-2H3,(H,24,30)(H,25,26). The molecule has 7 heteroatoms. The molecule has 3 aromatic rings. The van der Waals surface area contributed by atoms with E-state index in [0.29, 0.717) is 23.2 Å². The smallest absolute Gasteiger partial charge is 0.251 e. The van der Waals surface area contributed by atoms with Gasteiger partial charge in [-0.15, -0.1) is 0 Å². The number of nitrogens with one attached hydrogen (secondary N) is 2. The van der Waals surface area contributed by atoms with E-state index in [-0.39, 0.29) is 18.2 Å². The number of aliphatic hydroxyl groups is 1. The van der Waals surface area contributed by atoms with Crippen molar-refractivity contribution in [1.82, 2.24) is 20.4 Å². The summed E-state index contributed by atoms with van der Waals surface area (Å²) in [5, 5.41) is 30.5. The highest BCUT2D eigenvalue weighted by Gasteiger charge is 2.12. The molecule has 156 valence electrons. The molecular weight excluding hydrogens is 380 g/mol. The summed E-state index contributed by atoms with van der Waals surface area (Å²) in [5.41, 5.74) is 2.51. The van der Waals surface area contributed by atoms with Gasteiger partial charge in [-0.2, -0.15) is 5.10 Å². The van der Waals surface area contributed by atoms with E-state index in [1.54, 1.807) is 42.6 Å². The van der Waals surface area contributed by atoms with Crippen LogP contribution in [0.5, 0.6) is 5.75 Å². The fraction of sp³-hybridized carbons (Fsp3) is 0.304. The van der Waals surface area contributed by atoms with Crippen molar-refractivity contribution in [3.05, 3.63) is 59.3 Å². The lowest BCUT2D eigenvalue weighted by Gasteiger charge is -2.22. The van der Waals surface area contributed by atoms with Crippen molar-refractivity contribution in [2.45, 2.75) is 20.0 Å². The number of rotatable bonds is 7. The Balaban J connectivity index is 1.63. The van der Waals surface area contributed by atoms with E-state index in [1.165, 1.54) is 0 Å². The second kappa shape index (κ2) is 9.92. The molecule has 0 spiro atoms. The zero-order chi connectivity index (χ0) is 21.5. The molecule has 1 aromatic heterocycles. The second-order valence-corrected chi connectivity index (χ2v) is 6.97. The number of phenols is 1. The van der Waals surface area contributed by atoms with Crippen LogP contribution in [0.4, 0.5) is 0 Å². The zero-order valence-electron chi connectivity index (χ0n) is 17.1. The number of fused-ring (bicyclic) bond motifs is 1. The average Bonchev–Trinajstić information content (AvgIpc) is 3.24. The molecule has 1 amide bonds. The van der Waals surface area contributed by atoms with Crippen molar-refractivity contribution >= 4 is 16.8 Å². The van der Waals surface area contributed by atoms with Crippen molar-refractivity contribution < 1.29 is 15.0 Å². The number of hydrogen-bond donors (Lipinski definition) is 4. The highest BCUT2D eigenvalue weighted by atomic mass is 16.3. The Morgan fingerprint density at radius 1 is 1.17 bits per heavy atom. The lowest BCUT2D eigenvalue weighted by molar-refractivity contribution is 0.0869. The number of hydrogen-bond acceptors (Lipinski definition) is 5. The van der Waals surface area contributed by atoms with E-state index in [9.17, 15) is 15.0 Å². The van der Waals surface area contributed by atoms with Crippen LogP contribution in [0.25, 0.3) is 10.9 Å². The molecule has 1 heterocycles. The van der Waals surface area contributed by atoms with Gasteiger partial charge in [0.05, 0.1) is 23.4 Å². The van der Waals surface area contributed by atoms with Gasteiger partial charge in [-0.1, -0.05) is 25.7 Å². The molecule has 30 heavy (non-hydrogen) atoms. The first-order chi connectivity index (χ1) is 14.5. The van der Waals surface area contributed by atoms with E-state index in [1.807, 2.05) is 13.8 Å². The van der Waals surface area contributed by atoms with Gasteiger partial charge in [0.1, 0.15) is 5.75 Å². The van der Waals surface area contributed by atoms with Gasteiger partial charge < -0.3 is 20.4 Å². The number of aromatic hydroxyl groups is 1. The fourth-order valence-corrected chi connectivity index (χ4v) is 3.13. The first-order valence-electron chi connectivity index (χ1n) is 9.97. The van der Waals surface area contributed by atoms with Gasteiger partial charge in [-0.05, 0) is 49.5 Å². The topological polar surface area (TPSA) is 101 Å². The molecule has 0 bridgehead atoms. The van der Waals surface area contributed by atoms with Gasteiger partial charge in [0, 0.05) is 29.6 Å². The number of amides is 1. The summed E-state index contributed by atoms with van der Waals surface area (Å²) in [6.45, 7) is 6.52. The van der Waals surface area contributed by atoms with E-state index in [4.69, 9.17) is 0 Å². The van der Waals surface area contributed by atoms with Gasteiger partial charge >= 0.3 is 0 Å². The summed E-state index contributed by atoms with van der Waals surface area (Å²) in [6.07, 6.45) is 1.01. The Morgan fingerprint density at radius 3 is 2.60 bits per heavy atom. The quantitative estimate of drug-likeness (QED) is 0.450. The van der Waals surface area contributed by atoms with Gasteiger partial charge in [0.15, 0.2) is 0 Å². The Kier molecular flexibility index (Phi) is 7.07. The Hall–Kier alpha value is -3.34. The van der Waals surface area contributed by atoms with Crippen molar-refractivity contribution in [2.75, 3.05) is 26.2 Å². The maximum absolute atomic E-state index is 12.3. The number of aromatic amines is 1. The van der Waals surface area contributed by atoms with E-state index < -0.39 is 6.10 Å². The Labute approximate surface area is 175 Å². The molecule has 0 saturated heterocycles. The summed E-state index contributed by atoms with van der Waals surface area (Å²) < 4.78 is 0. The van der Waals surface area contributed by atoms with Crippen LogP contribution in [0.2, 0.25) is 0 Å². The lowest BCUT2D eigenvalue weighted by Crippen LogP contribution is -2.40. The number of H-pyrrole nitrogens is 1. The molecule has 0 radical (unpaired) electrons. The van der Waals surface area contributed by atoms with Crippen molar-refractivity contribution in [1.29, 1.82) is 0 Å². The van der Waals surface area contributed by atoms with E-state index in [2.05, 4.69) is 32.3 Å². The third-order valence-corrected chi connectivity index (χ3v) is 4.94. The first-order valence-corrected chi connectivity index (χ1v) is 9.97. The number of aliphatic hydroxyl groups excluding tert-OH is 1. The van der Waals surface area contributed by atoms with Gasteiger partial charge in [0.25, 0.3) is 5.91 Å². The van der Waals surface area contributed by atoms with Crippen LogP contribution in [0.3, 0.4) is 0 Å². The highest BCUT2D eigenvalue weighted by Crippen LogP contribution is 2.24. The van der Waals surface area contributed by atoms with E-state index >= 15 is 0 Å². The van der Waals surface area contributed by atoms with Gasteiger partial charge in [-0.3, -0.25) is 9.89 Å². The second-order valence-electron chi connectivity index (χ2n) is 6.97. The largest absolute Gasteiger partial charge is 0.507 e. The number of benzene rings is 2. The van der Waals surface area contributed by atoms with Crippen molar-refractivity contribution in [3.63, 3.8) is 0 Å². The summed E-state index contributed by atoms with van der Waals surface area (Å²) in [7, 11) is 0. The molecule has 1 unspecified atom stereocenters. The number of phenolic OH excluding ortho intramolecular Hbond substituents is 1. The number of carbonyl (C=O) groups is 1. The maximum atomic E-state index is 12.3. The van der Waals surface area contributed by atoms with Gasteiger partial charge in [0.2, 0.25) is 0 Å². The Morgan fingerprint density at radius 2 is 1.90 bits per heavy atom. The van der Waals surface area contributed by atoms with Crippen LogP contribution in [0.1, 0.15) is 35.3 Å². The molecule has 0 aliphatic heterocycles.